The van der Waals surface area contributed by atoms with Gasteiger partial charge < -0.3 is 9.64 Å². The molecule has 2 aliphatic rings. The molecule has 0 aliphatic carbocycles. The number of benzene rings is 2. The molecular weight excluding hydrogens is 394 g/mol. The second kappa shape index (κ2) is 9.96. The SMILES string of the molecule is CCCOc1ccccc1C=C1SC(N2CCN(Cc3ccccc3)CC2)=NC1=O. The summed E-state index contributed by atoms with van der Waals surface area (Å²) in [7, 11) is 0. The van der Waals surface area contributed by atoms with E-state index in [1.165, 1.54) is 17.3 Å². The van der Waals surface area contributed by atoms with Gasteiger partial charge in [0.25, 0.3) is 5.91 Å². The van der Waals surface area contributed by atoms with Crippen molar-refractivity contribution in [2.24, 2.45) is 4.99 Å². The van der Waals surface area contributed by atoms with E-state index in [0.29, 0.717) is 11.5 Å². The lowest BCUT2D eigenvalue weighted by Gasteiger charge is -2.35. The van der Waals surface area contributed by atoms with Crippen LogP contribution in [0.1, 0.15) is 24.5 Å². The highest BCUT2D eigenvalue weighted by Crippen LogP contribution is 2.32. The van der Waals surface area contributed by atoms with Gasteiger partial charge in [0, 0.05) is 38.3 Å². The summed E-state index contributed by atoms with van der Waals surface area (Å²) in [6.45, 7) is 7.41. The molecule has 0 unspecified atom stereocenters. The first-order valence-electron chi connectivity index (χ1n) is 10.5. The molecule has 156 valence electrons. The number of nitrogens with zero attached hydrogens (tertiary/aromatic N) is 3. The third-order valence-corrected chi connectivity index (χ3v) is 6.21. The fourth-order valence-corrected chi connectivity index (χ4v) is 4.51. The third-order valence-electron chi connectivity index (χ3n) is 5.17. The second-order valence-corrected chi connectivity index (χ2v) is 8.45. The van der Waals surface area contributed by atoms with Gasteiger partial charge in [-0.05, 0) is 35.9 Å². The minimum absolute atomic E-state index is 0.160. The Morgan fingerprint density at radius 1 is 1.03 bits per heavy atom. The van der Waals surface area contributed by atoms with Gasteiger partial charge in [-0.1, -0.05) is 55.5 Å². The number of carbonyl (C=O) groups is 1. The normalized spacial score (nSPS) is 18.7. The number of piperazine rings is 1. The van der Waals surface area contributed by atoms with Crippen LogP contribution in [0.15, 0.2) is 64.5 Å². The van der Waals surface area contributed by atoms with Crippen LogP contribution in [0.25, 0.3) is 6.08 Å². The van der Waals surface area contributed by atoms with E-state index in [2.05, 4.69) is 46.0 Å². The molecule has 2 aromatic carbocycles. The van der Waals surface area contributed by atoms with Crippen LogP contribution >= 0.6 is 11.8 Å². The minimum Gasteiger partial charge on any atom is -0.493 e. The van der Waals surface area contributed by atoms with E-state index < -0.39 is 0 Å². The van der Waals surface area contributed by atoms with E-state index in [4.69, 9.17) is 4.74 Å². The van der Waals surface area contributed by atoms with E-state index >= 15 is 0 Å². The lowest BCUT2D eigenvalue weighted by molar-refractivity contribution is -0.113. The van der Waals surface area contributed by atoms with E-state index in [1.807, 2.05) is 36.4 Å². The molecule has 30 heavy (non-hydrogen) atoms. The van der Waals surface area contributed by atoms with Gasteiger partial charge in [0.1, 0.15) is 5.75 Å². The summed E-state index contributed by atoms with van der Waals surface area (Å²) < 4.78 is 5.82. The predicted octanol–water partition coefficient (Wildman–Crippen LogP) is 4.26. The molecule has 0 bridgehead atoms. The summed E-state index contributed by atoms with van der Waals surface area (Å²) in [5.74, 6) is 0.648. The molecule has 0 N–H and O–H groups in total. The summed E-state index contributed by atoms with van der Waals surface area (Å²) in [5.41, 5.74) is 2.26. The Kier molecular flexibility index (Phi) is 6.87. The fraction of sp³-hybridized carbons (Fsp3) is 0.333. The highest BCUT2D eigenvalue weighted by molar-refractivity contribution is 8.18. The summed E-state index contributed by atoms with van der Waals surface area (Å²) >= 11 is 1.47. The highest BCUT2D eigenvalue weighted by Gasteiger charge is 2.28. The monoisotopic (exact) mass is 421 g/mol. The molecule has 0 spiro atoms. The maximum Gasteiger partial charge on any atom is 0.286 e. The smallest absolute Gasteiger partial charge is 0.286 e. The Morgan fingerprint density at radius 3 is 2.53 bits per heavy atom. The number of hydrogen-bond acceptors (Lipinski definition) is 5. The van der Waals surface area contributed by atoms with Crippen LogP contribution in [-0.2, 0) is 11.3 Å². The number of amides is 1. The van der Waals surface area contributed by atoms with Crippen LogP contribution in [0, 0.1) is 0 Å². The van der Waals surface area contributed by atoms with Crippen molar-refractivity contribution in [2.45, 2.75) is 19.9 Å². The van der Waals surface area contributed by atoms with Crippen molar-refractivity contribution in [3.8, 4) is 5.75 Å². The van der Waals surface area contributed by atoms with Gasteiger partial charge in [-0.3, -0.25) is 9.69 Å². The maximum absolute atomic E-state index is 12.5. The number of para-hydroxylation sites is 1. The summed E-state index contributed by atoms with van der Waals surface area (Å²) in [4.78, 5) is 22.2. The Labute approximate surface area is 182 Å². The van der Waals surface area contributed by atoms with Gasteiger partial charge in [-0.25, -0.2) is 0 Å². The van der Waals surface area contributed by atoms with E-state index in [-0.39, 0.29) is 5.91 Å². The molecule has 4 rings (SSSR count). The summed E-state index contributed by atoms with van der Waals surface area (Å²) in [5, 5.41) is 0.817. The van der Waals surface area contributed by atoms with Crippen LogP contribution in [-0.4, -0.2) is 53.7 Å². The van der Waals surface area contributed by atoms with E-state index in [9.17, 15) is 4.79 Å². The Bertz CT molecular complexity index is 934. The van der Waals surface area contributed by atoms with E-state index in [1.54, 1.807) is 0 Å². The number of amidine groups is 1. The van der Waals surface area contributed by atoms with Crippen molar-refractivity contribution in [3.05, 3.63) is 70.6 Å². The molecule has 2 heterocycles. The van der Waals surface area contributed by atoms with Gasteiger partial charge in [0.15, 0.2) is 5.17 Å². The molecular formula is C24H27N3O2S. The molecule has 0 radical (unpaired) electrons. The first-order chi connectivity index (χ1) is 14.7. The van der Waals surface area contributed by atoms with Crippen molar-refractivity contribution in [3.63, 3.8) is 0 Å². The first kappa shape index (κ1) is 20.7. The topological polar surface area (TPSA) is 45.1 Å². The van der Waals surface area contributed by atoms with Gasteiger partial charge in [0.05, 0.1) is 11.5 Å². The molecule has 0 saturated carbocycles. The van der Waals surface area contributed by atoms with Crippen LogP contribution < -0.4 is 4.74 Å². The molecule has 1 amide bonds. The van der Waals surface area contributed by atoms with Crippen molar-refractivity contribution in [1.29, 1.82) is 0 Å². The van der Waals surface area contributed by atoms with Crippen LogP contribution in [0.4, 0.5) is 0 Å². The largest absolute Gasteiger partial charge is 0.493 e. The number of carbonyl (C=O) groups excluding carboxylic acids is 1. The predicted molar refractivity (Wildman–Crippen MR) is 124 cm³/mol. The molecule has 1 fully saturated rings. The summed E-state index contributed by atoms with van der Waals surface area (Å²) in [6, 6.07) is 18.4. The van der Waals surface area contributed by atoms with Crippen LogP contribution in [0.3, 0.4) is 0 Å². The first-order valence-corrected chi connectivity index (χ1v) is 11.3. The average molecular weight is 422 g/mol. The van der Waals surface area contributed by atoms with Gasteiger partial charge >= 0.3 is 0 Å². The van der Waals surface area contributed by atoms with Crippen molar-refractivity contribution >= 4 is 28.9 Å². The molecule has 2 aromatic rings. The van der Waals surface area contributed by atoms with Gasteiger partial charge in [-0.2, -0.15) is 4.99 Å². The molecule has 5 nitrogen and oxygen atoms in total. The average Bonchev–Trinajstić information content (AvgIpc) is 3.14. The zero-order valence-corrected chi connectivity index (χ0v) is 18.1. The molecule has 2 aliphatic heterocycles. The lowest BCUT2D eigenvalue weighted by Crippen LogP contribution is -2.47. The van der Waals surface area contributed by atoms with Crippen LogP contribution in [0.5, 0.6) is 5.75 Å². The van der Waals surface area contributed by atoms with E-state index in [0.717, 1.165) is 55.6 Å². The quantitative estimate of drug-likeness (QED) is 0.652. The zero-order valence-electron chi connectivity index (χ0n) is 17.3. The van der Waals surface area contributed by atoms with Crippen molar-refractivity contribution < 1.29 is 9.53 Å². The Hall–Kier alpha value is -2.57. The van der Waals surface area contributed by atoms with Crippen molar-refractivity contribution in [1.82, 2.24) is 9.80 Å². The standard InChI is InChI=1S/C24H27N3O2S/c1-2-16-29-21-11-7-6-10-20(21)17-22-23(28)25-24(30-22)27-14-12-26(13-15-27)18-19-8-4-3-5-9-19/h3-11,17H,2,12-16,18H2,1H3. The molecule has 0 aromatic heterocycles. The Balaban J connectivity index is 1.36. The second-order valence-electron chi connectivity index (χ2n) is 7.45. The van der Waals surface area contributed by atoms with Gasteiger partial charge in [0.2, 0.25) is 0 Å². The maximum atomic E-state index is 12.5. The minimum atomic E-state index is -0.160. The van der Waals surface area contributed by atoms with Crippen LogP contribution in [0.2, 0.25) is 0 Å². The lowest BCUT2D eigenvalue weighted by atomic mass is 10.2. The van der Waals surface area contributed by atoms with Gasteiger partial charge in [-0.15, -0.1) is 0 Å². The summed E-state index contributed by atoms with van der Waals surface area (Å²) in [6.07, 6.45) is 2.85. The number of hydrogen-bond donors (Lipinski definition) is 0. The zero-order chi connectivity index (χ0) is 20.8. The number of rotatable bonds is 6. The fourth-order valence-electron chi connectivity index (χ4n) is 3.56. The molecule has 1 saturated heterocycles. The molecule has 0 atom stereocenters. The molecule has 6 heteroatoms. The number of thioether (sulfide) groups is 1. The highest BCUT2D eigenvalue weighted by atomic mass is 32.2. The third kappa shape index (κ3) is 5.12. The Morgan fingerprint density at radius 2 is 1.77 bits per heavy atom. The number of aliphatic imine (C=N–C) groups is 1. The van der Waals surface area contributed by atoms with Crippen molar-refractivity contribution in [2.75, 3.05) is 32.8 Å². The number of ether oxygens (including phenoxy) is 1.